The lowest BCUT2D eigenvalue weighted by atomic mass is 9.83. The second-order valence-corrected chi connectivity index (χ2v) is 8.33. The van der Waals surface area contributed by atoms with Crippen LogP contribution in [-0.2, 0) is 10.5 Å². The Hall–Kier alpha value is -1.65. The number of rotatable bonds is 7. The molecule has 0 saturated heterocycles. The Kier molecular flexibility index (Phi) is 6.72. The molecule has 3 nitrogen and oxygen atoms in total. The molecule has 0 aromatic heterocycles. The van der Waals surface area contributed by atoms with Gasteiger partial charge >= 0.3 is 0 Å². The number of carbonyl (C=O) groups is 1. The van der Waals surface area contributed by atoms with Gasteiger partial charge in [-0.3, -0.25) is 4.79 Å². The van der Waals surface area contributed by atoms with E-state index in [0.717, 1.165) is 46.9 Å². The second-order valence-electron chi connectivity index (χ2n) is 6.94. The third kappa shape index (κ3) is 4.80. The van der Waals surface area contributed by atoms with Crippen molar-refractivity contribution in [1.29, 1.82) is 0 Å². The highest BCUT2D eigenvalue weighted by Crippen LogP contribution is 2.42. The Morgan fingerprint density at radius 3 is 2.63 bits per heavy atom. The number of para-hydroxylation sites is 1. The van der Waals surface area contributed by atoms with Crippen molar-refractivity contribution in [3.63, 3.8) is 0 Å². The van der Waals surface area contributed by atoms with E-state index in [1.165, 1.54) is 0 Å². The minimum Gasteiger partial charge on any atom is -0.487 e. The summed E-state index contributed by atoms with van der Waals surface area (Å²) in [5.41, 5.74) is 1.92. The summed E-state index contributed by atoms with van der Waals surface area (Å²) in [6, 6.07) is 15.8. The summed E-state index contributed by atoms with van der Waals surface area (Å²) >= 11 is 7.77. The molecule has 1 heterocycles. The van der Waals surface area contributed by atoms with E-state index in [-0.39, 0.29) is 17.6 Å². The van der Waals surface area contributed by atoms with Crippen molar-refractivity contribution in [2.45, 2.75) is 50.5 Å². The monoisotopic (exact) mass is 403 g/mol. The summed E-state index contributed by atoms with van der Waals surface area (Å²) in [6.45, 7) is 4.30. The number of hydrogen-bond donors (Lipinski definition) is 1. The van der Waals surface area contributed by atoms with Crippen LogP contribution in [-0.4, -0.2) is 17.3 Å². The number of ether oxygens (including phenoxy) is 1. The van der Waals surface area contributed by atoms with Gasteiger partial charge in [0.25, 0.3) is 0 Å². The molecular formula is C22H26ClNO2S. The first-order chi connectivity index (χ1) is 13.1. The van der Waals surface area contributed by atoms with Crippen LogP contribution in [0, 0.1) is 0 Å². The average molecular weight is 404 g/mol. The SMILES string of the molecule is CCC1(CC)C[C@H](NC(=O)CSCc2ccccc2Cl)c2ccccc2O1. The minimum absolute atomic E-state index is 0.0109. The van der Waals surface area contributed by atoms with Gasteiger partial charge in [-0.1, -0.05) is 61.8 Å². The predicted octanol–water partition coefficient (Wildman–Crippen LogP) is 5.77. The molecule has 2 aromatic carbocycles. The van der Waals surface area contributed by atoms with Gasteiger partial charge < -0.3 is 10.1 Å². The van der Waals surface area contributed by atoms with Gasteiger partial charge in [-0.15, -0.1) is 11.8 Å². The molecule has 0 aliphatic carbocycles. The molecule has 5 heteroatoms. The Morgan fingerprint density at radius 2 is 1.89 bits per heavy atom. The molecule has 0 spiro atoms. The number of fused-ring (bicyclic) bond motifs is 1. The largest absolute Gasteiger partial charge is 0.487 e. The smallest absolute Gasteiger partial charge is 0.230 e. The molecule has 1 atom stereocenters. The molecule has 0 bridgehead atoms. The number of amides is 1. The van der Waals surface area contributed by atoms with Crippen LogP contribution in [0.3, 0.4) is 0 Å². The fourth-order valence-electron chi connectivity index (χ4n) is 3.54. The first kappa shape index (κ1) is 20.1. The van der Waals surface area contributed by atoms with Gasteiger partial charge in [-0.25, -0.2) is 0 Å². The zero-order valence-corrected chi connectivity index (χ0v) is 17.4. The predicted molar refractivity (Wildman–Crippen MR) is 113 cm³/mol. The number of nitrogens with one attached hydrogen (secondary N) is 1. The summed E-state index contributed by atoms with van der Waals surface area (Å²) in [5, 5.41) is 3.98. The molecule has 0 unspecified atom stereocenters. The zero-order chi connectivity index (χ0) is 19.3. The molecule has 0 fully saturated rings. The van der Waals surface area contributed by atoms with Crippen molar-refractivity contribution in [3.8, 4) is 5.75 Å². The van der Waals surface area contributed by atoms with Gasteiger partial charge in [-0.05, 0) is 30.5 Å². The van der Waals surface area contributed by atoms with Crippen molar-refractivity contribution in [2.75, 3.05) is 5.75 Å². The molecule has 1 N–H and O–H groups in total. The first-order valence-corrected chi connectivity index (χ1v) is 11.0. The standard InChI is InChI=1S/C22H26ClNO2S/c1-3-22(4-2)13-19(17-10-6-8-12-20(17)26-22)24-21(25)15-27-14-16-9-5-7-11-18(16)23/h5-12,19H,3-4,13-15H2,1-2H3,(H,24,25)/t19-/m0/s1. The maximum absolute atomic E-state index is 12.6. The third-order valence-electron chi connectivity index (χ3n) is 5.27. The molecule has 0 saturated carbocycles. The third-order valence-corrected chi connectivity index (χ3v) is 6.62. The highest BCUT2D eigenvalue weighted by molar-refractivity contribution is 7.99. The second kappa shape index (κ2) is 9.03. The molecule has 3 rings (SSSR count). The normalized spacial score (nSPS) is 17.7. The number of thioether (sulfide) groups is 1. The summed E-state index contributed by atoms with van der Waals surface area (Å²) < 4.78 is 6.31. The zero-order valence-electron chi connectivity index (χ0n) is 15.8. The average Bonchev–Trinajstić information content (AvgIpc) is 2.69. The topological polar surface area (TPSA) is 38.3 Å². The Morgan fingerprint density at radius 1 is 1.19 bits per heavy atom. The van der Waals surface area contributed by atoms with Crippen LogP contribution in [0.5, 0.6) is 5.75 Å². The number of hydrogen-bond acceptors (Lipinski definition) is 3. The molecular weight excluding hydrogens is 378 g/mol. The number of halogens is 1. The van der Waals surface area contributed by atoms with Gasteiger partial charge in [0.05, 0.1) is 11.8 Å². The Bertz CT molecular complexity index is 791. The first-order valence-electron chi connectivity index (χ1n) is 9.45. The fraction of sp³-hybridized carbons (Fsp3) is 0.409. The van der Waals surface area contributed by atoms with Crippen molar-refractivity contribution in [3.05, 3.63) is 64.7 Å². The molecule has 1 amide bonds. The number of carbonyl (C=O) groups excluding carboxylic acids is 1. The van der Waals surface area contributed by atoms with E-state index in [4.69, 9.17) is 16.3 Å². The fourth-order valence-corrected chi connectivity index (χ4v) is 4.66. The molecule has 2 aromatic rings. The van der Waals surface area contributed by atoms with Crippen LogP contribution in [0.2, 0.25) is 5.02 Å². The van der Waals surface area contributed by atoms with Gasteiger partial charge in [-0.2, -0.15) is 0 Å². The quantitative estimate of drug-likeness (QED) is 0.637. The Labute approximate surface area is 170 Å². The van der Waals surface area contributed by atoms with Crippen LogP contribution < -0.4 is 10.1 Å². The summed E-state index contributed by atoms with van der Waals surface area (Å²) in [5.74, 6) is 2.08. The Balaban J connectivity index is 1.63. The lowest BCUT2D eigenvalue weighted by Crippen LogP contribution is -2.44. The van der Waals surface area contributed by atoms with Crippen LogP contribution in [0.25, 0.3) is 0 Å². The van der Waals surface area contributed by atoms with Crippen LogP contribution >= 0.6 is 23.4 Å². The maximum Gasteiger partial charge on any atom is 0.230 e. The van der Waals surface area contributed by atoms with Crippen molar-refractivity contribution in [1.82, 2.24) is 5.32 Å². The lowest BCUT2D eigenvalue weighted by Gasteiger charge is -2.41. The molecule has 144 valence electrons. The van der Waals surface area contributed by atoms with Crippen LogP contribution in [0.15, 0.2) is 48.5 Å². The summed E-state index contributed by atoms with van der Waals surface area (Å²) in [6.07, 6.45) is 2.65. The molecule has 27 heavy (non-hydrogen) atoms. The van der Waals surface area contributed by atoms with E-state index < -0.39 is 0 Å². The van der Waals surface area contributed by atoms with Gasteiger partial charge in [0.15, 0.2) is 0 Å². The maximum atomic E-state index is 12.6. The van der Waals surface area contributed by atoms with Crippen molar-refractivity contribution in [2.24, 2.45) is 0 Å². The van der Waals surface area contributed by atoms with E-state index in [1.807, 2.05) is 48.5 Å². The van der Waals surface area contributed by atoms with E-state index in [1.54, 1.807) is 11.8 Å². The van der Waals surface area contributed by atoms with E-state index in [0.29, 0.717) is 5.75 Å². The van der Waals surface area contributed by atoms with Crippen molar-refractivity contribution >= 4 is 29.3 Å². The van der Waals surface area contributed by atoms with E-state index in [9.17, 15) is 4.79 Å². The number of benzene rings is 2. The van der Waals surface area contributed by atoms with Crippen LogP contribution in [0.1, 0.15) is 50.3 Å². The lowest BCUT2D eigenvalue weighted by molar-refractivity contribution is -0.120. The van der Waals surface area contributed by atoms with E-state index in [2.05, 4.69) is 19.2 Å². The van der Waals surface area contributed by atoms with Gasteiger partial charge in [0.1, 0.15) is 11.4 Å². The molecule has 0 radical (unpaired) electrons. The summed E-state index contributed by atoms with van der Waals surface area (Å²) in [7, 11) is 0. The highest BCUT2D eigenvalue weighted by atomic mass is 35.5. The molecule has 1 aliphatic heterocycles. The van der Waals surface area contributed by atoms with Crippen LogP contribution in [0.4, 0.5) is 0 Å². The minimum atomic E-state index is -0.211. The summed E-state index contributed by atoms with van der Waals surface area (Å²) in [4.78, 5) is 12.6. The highest BCUT2D eigenvalue weighted by Gasteiger charge is 2.38. The van der Waals surface area contributed by atoms with Gasteiger partial charge in [0, 0.05) is 22.8 Å². The van der Waals surface area contributed by atoms with E-state index >= 15 is 0 Å². The van der Waals surface area contributed by atoms with Crippen molar-refractivity contribution < 1.29 is 9.53 Å². The molecule has 1 aliphatic rings. The van der Waals surface area contributed by atoms with Gasteiger partial charge in [0.2, 0.25) is 5.91 Å².